The SMILES string of the molecule is COC(=O)NC(C(=O)N1CCCC1c1ncc(C#Cc2ccc3nc(C4CCCN4C(=O)C(NC(O)OC)c4ccccc4)[nH]c3c2)[nH]1)c1ccccc1. The summed E-state index contributed by atoms with van der Waals surface area (Å²) < 4.78 is 9.81. The van der Waals surface area contributed by atoms with Crippen LogP contribution in [0.4, 0.5) is 4.79 Å². The Morgan fingerprint density at radius 3 is 2.11 bits per heavy atom. The normalized spacial score (nSPS) is 18.5. The molecule has 0 spiro atoms. The zero-order chi connectivity index (χ0) is 37.6. The van der Waals surface area contributed by atoms with Crippen LogP contribution in [0.25, 0.3) is 11.0 Å². The van der Waals surface area contributed by atoms with Gasteiger partial charge >= 0.3 is 6.09 Å². The van der Waals surface area contributed by atoms with Crippen LogP contribution >= 0.6 is 0 Å². The number of aliphatic hydroxyl groups is 1. The standard InChI is InChI=1S/C40H42N8O6/c1-53-39(51)45-33(26-11-5-3-6-12-26)37(49)47-21-9-15-31(47)35-41-24-28(42-35)19-17-25-18-20-29-30(23-25)44-36(43-29)32-16-10-22-48(32)38(50)34(46-40(52)54-2)27-13-7-4-8-14-27/h3-8,11-14,18,20,23-24,31-34,40,46,52H,9-10,15-16,21-22H2,1-2H3,(H,41,42)(H,43,44)(H,45,51). The van der Waals surface area contributed by atoms with E-state index in [0.717, 1.165) is 41.4 Å². The van der Waals surface area contributed by atoms with E-state index in [-0.39, 0.29) is 23.9 Å². The number of amides is 3. The molecule has 5 N–H and O–H groups in total. The van der Waals surface area contributed by atoms with Crippen LogP contribution in [0.2, 0.25) is 0 Å². The molecule has 3 aromatic carbocycles. The maximum absolute atomic E-state index is 13.9. The van der Waals surface area contributed by atoms with E-state index < -0.39 is 24.6 Å². The Bertz CT molecular complexity index is 2160. The second-order valence-electron chi connectivity index (χ2n) is 13.2. The van der Waals surface area contributed by atoms with Crippen LogP contribution in [-0.2, 0) is 19.1 Å². The zero-order valence-electron chi connectivity index (χ0n) is 30.0. The number of fused-ring (bicyclic) bond motifs is 1. The van der Waals surface area contributed by atoms with Crippen LogP contribution in [0.1, 0.15) is 83.9 Å². The lowest BCUT2D eigenvalue weighted by atomic mass is 10.0. The Kier molecular flexibility index (Phi) is 11.0. The third-order valence-electron chi connectivity index (χ3n) is 9.88. The Morgan fingerprint density at radius 1 is 0.833 bits per heavy atom. The summed E-state index contributed by atoms with van der Waals surface area (Å²) in [5, 5.41) is 15.8. The van der Waals surface area contributed by atoms with Gasteiger partial charge in [-0.25, -0.2) is 14.8 Å². The summed E-state index contributed by atoms with van der Waals surface area (Å²) in [7, 11) is 2.63. The fourth-order valence-electron chi connectivity index (χ4n) is 7.21. The molecule has 7 rings (SSSR count). The number of aliphatic hydroxyl groups excluding tert-OH is 1. The number of carbonyl (C=O) groups is 3. The van der Waals surface area contributed by atoms with E-state index in [1.807, 2.05) is 66.7 Å². The van der Waals surface area contributed by atoms with E-state index in [1.54, 1.807) is 28.1 Å². The highest BCUT2D eigenvalue weighted by Crippen LogP contribution is 2.35. The first-order valence-electron chi connectivity index (χ1n) is 17.9. The van der Waals surface area contributed by atoms with Gasteiger partial charge in [0.1, 0.15) is 29.4 Å². The summed E-state index contributed by atoms with van der Waals surface area (Å²) in [5.41, 5.74) is 4.29. The van der Waals surface area contributed by atoms with E-state index in [4.69, 9.17) is 14.5 Å². The number of aromatic amines is 2. The van der Waals surface area contributed by atoms with Gasteiger partial charge in [0, 0.05) is 25.8 Å². The minimum atomic E-state index is -1.31. The van der Waals surface area contributed by atoms with Gasteiger partial charge in [-0.05, 0) is 60.9 Å². The molecule has 2 aliphatic heterocycles. The molecule has 0 radical (unpaired) electrons. The van der Waals surface area contributed by atoms with Gasteiger partial charge in [0.2, 0.25) is 12.3 Å². The van der Waals surface area contributed by atoms with Gasteiger partial charge in [0.25, 0.3) is 5.91 Å². The van der Waals surface area contributed by atoms with Crippen molar-refractivity contribution in [1.29, 1.82) is 0 Å². The number of rotatable bonds is 10. The molecule has 2 aliphatic rings. The number of H-pyrrole nitrogens is 2. The van der Waals surface area contributed by atoms with E-state index >= 15 is 0 Å². The number of carbonyl (C=O) groups excluding carboxylic acids is 3. The van der Waals surface area contributed by atoms with Crippen molar-refractivity contribution in [2.75, 3.05) is 27.3 Å². The molecule has 5 unspecified atom stereocenters. The fraction of sp³-hybridized carbons (Fsp3) is 0.325. The van der Waals surface area contributed by atoms with Crippen molar-refractivity contribution in [2.24, 2.45) is 0 Å². The van der Waals surface area contributed by atoms with Gasteiger partial charge in [-0.1, -0.05) is 66.6 Å². The molecule has 2 fully saturated rings. The van der Waals surface area contributed by atoms with Crippen molar-refractivity contribution in [2.45, 2.75) is 56.3 Å². The number of nitrogens with zero attached hydrogens (tertiary/aromatic N) is 4. The van der Waals surface area contributed by atoms with Crippen LogP contribution < -0.4 is 10.6 Å². The first-order chi connectivity index (χ1) is 26.3. The summed E-state index contributed by atoms with van der Waals surface area (Å²) in [6.07, 6.45) is 2.73. The molecule has 5 aromatic rings. The number of imidazole rings is 2. The van der Waals surface area contributed by atoms with Crippen LogP contribution in [0.5, 0.6) is 0 Å². The highest BCUT2D eigenvalue weighted by molar-refractivity contribution is 5.87. The average Bonchev–Trinajstić information content (AvgIpc) is 4.04. The number of hydrogen-bond acceptors (Lipinski definition) is 9. The highest BCUT2D eigenvalue weighted by Gasteiger charge is 2.38. The molecule has 0 aliphatic carbocycles. The number of hydrogen-bond donors (Lipinski definition) is 5. The lowest BCUT2D eigenvalue weighted by Crippen LogP contribution is -2.44. The van der Waals surface area contributed by atoms with Crippen molar-refractivity contribution in [3.05, 3.63) is 119 Å². The minimum absolute atomic E-state index is 0.176. The number of ether oxygens (including phenoxy) is 2. The Balaban J connectivity index is 1.06. The first kappa shape index (κ1) is 36.4. The largest absolute Gasteiger partial charge is 0.453 e. The average molecular weight is 731 g/mol. The quantitative estimate of drug-likeness (QED) is 0.103. The molecular weight excluding hydrogens is 688 g/mol. The molecule has 5 atom stereocenters. The van der Waals surface area contributed by atoms with Crippen molar-refractivity contribution in [3.63, 3.8) is 0 Å². The van der Waals surface area contributed by atoms with Gasteiger partial charge in [-0.2, -0.15) is 0 Å². The maximum atomic E-state index is 13.9. The second-order valence-corrected chi connectivity index (χ2v) is 13.2. The molecule has 0 bridgehead atoms. The molecule has 278 valence electrons. The topological polar surface area (TPSA) is 178 Å². The van der Waals surface area contributed by atoms with Crippen molar-refractivity contribution in [1.82, 2.24) is 40.4 Å². The molecule has 3 amide bonds. The molecule has 2 saturated heterocycles. The molecule has 14 nitrogen and oxygen atoms in total. The third-order valence-corrected chi connectivity index (χ3v) is 9.88. The number of alkyl carbamates (subject to hydrolysis) is 1. The van der Waals surface area contributed by atoms with Gasteiger partial charge in [-0.3, -0.25) is 14.9 Å². The van der Waals surface area contributed by atoms with Crippen molar-refractivity contribution >= 4 is 28.9 Å². The van der Waals surface area contributed by atoms with Gasteiger partial charge in [-0.15, -0.1) is 0 Å². The Hall–Kier alpha value is -6.01. The summed E-state index contributed by atoms with van der Waals surface area (Å²) in [4.78, 5) is 59.6. The van der Waals surface area contributed by atoms with Gasteiger partial charge < -0.3 is 39.7 Å². The number of benzene rings is 3. The van der Waals surface area contributed by atoms with E-state index in [1.165, 1.54) is 14.2 Å². The molecule has 0 saturated carbocycles. The second kappa shape index (κ2) is 16.3. The van der Waals surface area contributed by atoms with Crippen LogP contribution in [0.3, 0.4) is 0 Å². The number of likely N-dealkylation sites (tertiary alicyclic amines) is 2. The number of aromatic nitrogens is 4. The van der Waals surface area contributed by atoms with E-state index in [0.29, 0.717) is 42.4 Å². The van der Waals surface area contributed by atoms with E-state index in [9.17, 15) is 19.5 Å². The minimum Gasteiger partial charge on any atom is -0.453 e. The highest BCUT2D eigenvalue weighted by atomic mass is 16.6. The van der Waals surface area contributed by atoms with Crippen molar-refractivity contribution < 1.29 is 29.0 Å². The molecule has 4 heterocycles. The Labute approximate surface area is 312 Å². The number of methoxy groups -OCH3 is 2. The number of nitrogens with one attached hydrogen (secondary N) is 4. The third kappa shape index (κ3) is 7.84. The summed E-state index contributed by atoms with van der Waals surface area (Å²) in [6, 6.07) is 21.8. The Morgan fingerprint density at radius 2 is 1.46 bits per heavy atom. The van der Waals surface area contributed by atoms with Crippen LogP contribution in [0, 0.1) is 11.8 Å². The van der Waals surface area contributed by atoms with Crippen molar-refractivity contribution in [3.8, 4) is 11.8 Å². The van der Waals surface area contributed by atoms with Gasteiger partial charge in [0.05, 0.1) is 36.4 Å². The lowest BCUT2D eigenvalue weighted by molar-refractivity contribution is -0.143. The smallest absolute Gasteiger partial charge is 0.407 e. The van der Waals surface area contributed by atoms with Gasteiger partial charge in [0.15, 0.2) is 0 Å². The molecule has 14 heteroatoms. The van der Waals surface area contributed by atoms with Crippen LogP contribution in [-0.4, -0.2) is 86.5 Å². The zero-order valence-corrected chi connectivity index (χ0v) is 30.0. The molecule has 2 aromatic heterocycles. The summed E-state index contributed by atoms with van der Waals surface area (Å²) in [5.74, 6) is 7.25. The summed E-state index contributed by atoms with van der Waals surface area (Å²) >= 11 is 0. The van der Waals surface area contributed by atoms with E-state index in [2.05, 4.69) is 37.4 Å². The first-order valence-corrected chi connectivity index (χ1v) is 17.9. The predicted octanol–water partition coefficient (Wildman–Crippen LogP) is 4.36. The maximum Gasteiger partial charge on any atom is 0.407 e. The lowest BCUT2D eigenvalue weighted by Gasteiger charge is -2.29. The monoisotopic (exact) mass is 730 g/mol. The predicted molar refractivity (Wildman–Crippen MR) is 198 cm³/mol. The molecule has 54 heavy (non-hydrogen) atoms. The molecular formula is C40H42N8O6. The fourth-order valence-corrected chi connectivity index (χ4v) is 7.21. The summed E-state index contributed by atoms with van der Waals surface area (Å²) in [6.45, 7) is 1.08. The van der Waals surface area contributed by atoms with Crippen LogP contribution in [0.15, 0.2) is 85.1 Å².